The van der Waals surface area contributed by atoms with Gasteiger partial charge >= 0.3 is 12.2 Å². The van der Waals surface area contributed by atoms with Crippen LogP contribution in [0, 0.1) is 11.8 Å². The summed E-state index contributed by atoms with van der Waals surface area (Å²) in [6.45, 7) is 18.5. The summed E-state index contributed by atoms with van der Waals surface area (Å²) in [5.41, 5.74) is 7.91. The van der Waals surface area contributed by atoms with Crippen molar-refractivity contribution < 1.29 is 38.9 Å². The van der Waals surface area contributed by atoms with Crippen LogP contribution in [0.5, 0.6) is 0 Å². The fourth-order valence-corrected chi connectivity index (χ4v) is 7.04. The summed E-state index contributed by atoms with van der Waals surface area (Å²) in [4.78, 5) is 56.8. The summed E-state index contributed by atoms with van der Waals surface area (Å²) >= 11 is 2.88. The number of rotatable bonds is 18. The Hall–Kier alpha value is -3.30. The fourth-order valence-electron chi connectivity index (χ4n) is 5.13. The molecular formula is C40H62N4O8S2. The number of nitrogens with zero attached hydrogens (tertiary/aromatic N) is 1. The molecule has 2 aromatic rings. The van der Waals surface area contributed by atoms with E-state index in [2.05, 4.69) is 10.6 Å². The first-order valence-corrected chi connectivity index (χ1v) is 20.3. The molecule has 12 nitrogen and oxygen atoms in total. The van der Waals surface area contributed by atoms with Gasteiger partial charge in [0.1, 0.15) is 31.4 Å². The highest BCUT2D eigenvalue weighted by Crippen LogP contribution is 2.30. The summed E-state index contributed by atoms with van der Waals surface area (Å²) in [7, 11) is 0. The summed E-state index contributed by atoms with van der Waals surface area (Å²) in [6.07, 6.45) is -5.01. The van der Waals surface area contributed by atoms with E-state index in [-0.39, 0.29) is 29.5 Å². The number of aliphatic hydroxyl groups is 2. The number of hydrogen-bond donors (Lipinski definition) is 5. The Morgan fingerprint density at radius 1 is 0.667 bits per heavy atom. The maximum absolute atomic E-state index is 14.8. The average molecular weight is 791 g/mol. The lowest BCUT2D eigenvalue weighted by molar-refractivity contribution is -0.156. The Labute approximate surface area is 330 Å². The highest BCUT2D eigenvalue weighted by atomic mass is 32.2. The van der Waals surface area contributed by atoms with Crippen LogP contribution >= 0.6 is 23.5 Å². The molecule has 6 N–H and O–H groups in total. The van der Waals surface area contributed by atoms with Crippen molar-refractivity contribution in [2.24, 2.45) is 17.6 Å². The van der Waals surface area contributed by atoms with E-state index < -0.39 is 77.0 Å². The first-order chi connectivity index (χ1) is 25.1. The second-order valence-electron chi connectivity index (χ2n) is 16.0. The molecule has 0 bridgehead atoms. The van der Waals surface area contributed by atoms with Gasteiger partial charge in [-0.15, -0.1) is 0 Å². The van der Waals surface area contributed by atoms with Gasteiger partial charge in [0.05, 0.1) is 12.1 Å². The van der Waals surface area contributed by atoms with Crippen LogP contribution in [0.1, 0.15) is 80.4 Å². The zero-order valence-electron chi connectivity index (χ0n) is 33.4. The van der Waals surface area contributed by atoms with Crippen molar-refractivity contribution in [1.29, 1.82) is 0 Å². The van der Waals surface area contributed by atoms with Crippen molar-refractivity contribution in [2.75, 3.05) is 11.5 Å². The third-order valence-electron chi connectivity index (χ3n) is 8.22. The number of amides is 4. The highest BCUT2D eigenvalue weighted by Gasteiger charge is 2.46. The predicted octanol–water partition coefficient (Wildman–Crippen LogP) is 5.72. The minimum absolute atomic E-state index is 0.00484. The number of nitrogens with one attached hydrogen (secondary N) is 2. The van der Waals surface area contributed by atoms with Crippen molar-refractivity contribution in [3.8, 4) is 0 Å². The number of carbonyl (C=O) groups is 4. The molecule has 6 atom stereocenters. The Morgan fingerprint density at radius 2 is 1.04 bits per heavy atom. The fraction of sp³-hybridized carbons (Fsp3) is 0.600. The molecule has 0 aliphatic carbocycles. The molecule has 0 aliphatic heterocycles. The van der Waals surface area contributed by atoms with E-state index in [0.717, 1.165) is 16.0 Å². The van der Waals surface area contributed by atoms with Crippen molar-refractivity contribution in [1.82, 2.24) is 15.5 Å². The molecule has 0 unspecified atom stereocenters. The van der Waals surface area contributed by atoms with E-state index in [4.69, 9.17) is 15.2 Å². The van der Waals surface area contributed by atoms with Crippen LogP contribution in [0.4, 0.5) is 9.59 Å². The Kier molecular flexibility index (Phi) is 18.8. The largest absolute Gasteiger partial charge is 0.445 e. The molecule has 0 saturated carbocycles. The van der Waals surface area contributed by atoms with Gasteiger partial charge in [0.2, 0.25) is 0 Å². The van der Waals surface area contributed by atoms with Gasteiger partial charge in [-0.25, -0.2) is 9.59 Å². The van der Waals surface area contributed by atoms with Gasteiger partial charge < -0.3 is 36.1 Å². The van der Waals surface area contributed by atoms with E-state index in [1.54, 1.807) is 76.2 Å². The molecule has 0 aliphatic rings. The second-order valence-corrected chi connectivity index (χ2v) is 19.7. The maximum atomic E-state index is 14.8. The number of hydrogen-bond acceptors (Lipinski definition) is 11. The third-order valence-corrected chi connectivity index (χ3v) is 11.0. The molecule has 302 valence electrons. The first-order valence-electron chi connectivity index (χ1n) is 18.3. The monoisotopic (exact) mass is 790 g/mol. The molecule has 54 heavy (non-hydrogen) atoms. The number of ether oxygens (including phenoxy) is 2. The third kappa shape index (κ3) is 16.2. The molecule has 2 rings (SSSR count). The molecule has 2 aromatic carbocycles. The molecule has 0 heterocycles. The van der Waals surface area contributed by atoms with Crippen LogP contribution < -0.4 is 16.4 Å². The second kappa shape index (κ2) is 21.7. The van der Waals surface area contributed by atoms with Gasteiger partial charge in [-0.2, -0.15) is 23.5 Å². The van der Waals surface area contributed by atoms with E-state index in [9.17, 15) is 29.4 Å². The van der Waals surface area contributed by atoms with E-state index in [0.29, 0.717) is 0 Å². The van der Waals surface area contributed by atoms with E-state index >= 15 is 0 Å². The Morgan fingerprint density at radius 3 is 1.39 bits per heavy atom. The number of benzene rings is 2. The first kappa shape index (κ1) is 46.9. The van der Waals surface area contributed by atoms with E-state index in [1.807, 2.05) is 53.7 Å². The minimum Gasteiger partial charge on any atom is -0.445 e. The van der Waals surface area contributed by atoms with Gasteiger partial charge in [-0.1, -0.05) is 130 Å². The predicted molar refractivity (Wildman–Crippen MR) is 217 cm³/mol. The van der Waals surface area contributed by atoms with Gasteiger partial charge in [0.15, 0.2) is 0 Å². The van der Waals surface area contributed by atoms with Crippen LogP contribution in [0.25, 0.3) is 0 Å². The van der Waals surface area contributed by atoms with Crippen LogP contribution in [-0.2, 0) is 32.3 Å². The molecule has 0 saturated heterocycles. The molecule has 0 spiro atoms. The summed E-state index contributed by atoms with van der Waals surface area (Å²) in [5, 5.41) is 28.7. The van der Waals surface area contributed by atoms with Crippen LogP contribution in [0.3, 0.4) is 0 Å². The quantitative estimate of drug-likeness (QED) is 0.125. The number of nitrogens with two attached hydrogens (primary N) is 1. The normalized spacial score (nSPS) is 15.4. The maximum Gasteiger partial charge on any atom is 0.408 e. The van der Waals surface area contributed by atoms with Gasteiger partial charge in [0.25, 0.3) is 11.8 Å². The van der Waals surface area contributed by atoms with Crippen LogP contribution in [0.15, 0.2) is 60.7 Å². The molecule has 4 amide bonds. The zero-order chi connectivity index (χ0) is 40.8. The zero-order valence-corrected chi connectivity index (χ0v) is 35.0. The van der Waals surface area contributed by atoms with Crippen LogP contribution in [0.2, 0.25) is 0 Å². The smallest absolute Gasteiger partial charge is 0.408 e. The van der Waals surface area contributed by atoms with Crippen molar-refractivity contribution in [3.05, 3.63) is 71.8 Å². The Balaban J connectivity index is 2.59. The SMILES string of the molecule is CC(C)[C@H](NC(=O)OCc1ccccc1)C(=O)N(C(=O)[C@@H](NC(=O)OCc1ccccc1)C(C)C)[C@@H](CSC(C)(C)C)[C@@H](O)[C@H](O)[C@@H](N)CSC(C)(C)C. The number of imide groups is 1. The highest BCUT2D eigenvalue weighted by molar-refractivity contribution is 8.00. The number of alkyl carbamates (subject to hydrolysis) is 2. The van der Waals surface area contributed by atoms with Gasteiger partial charge in [0, 0.05) is 27.0 Å². The summed E-state index contributed by atoms with van der Waals surface area (Å²) in [6, 6.07) is 13.2. The molecule has 0 radical (unpaired) electrons. The number of aliphatic hydroxyl groups excluding tert-OH is 2. The molecule has 0 aromatic heterocycles. The molecular weight excluding hydrogens is 729 g/mol. The standard InChI is InChI=1S/C40H62N4O8S2/c1-25(2)31(42-37(49)51-21-27-17-13-11-14-18-27)35(47)44(36(48)32(26(3)4)43-38(50)52-22-28-19-15-12-16-20-28)30(24-54-40(8,9)10)34(46)33(45)29(41)23-53-39(5,6)7/h11-20,25-26,29-34,45-46H,21-24,41H2,1-10H3,(H,42,49)(H,43,50)/t29-,30-,31-,32-,33+,34+/m0/s1. The summed E-state index contributed by atoms with van der Waals surface area (Å²) in [5.74, 6) is -2.51. The lowest BCUT2D eigenvalue weighted by Crippen LogP contribution is -2.65. The lowest BCUT2D eigenvalue weighted by Gasteiger charge is -2.41. The average Bonchev–Trinajstić information content (AvgIpc) is 3.10. The number of carbonyl (C=O) groups excluding carboxylic acids is 4. The van der Waals surface area contributed by atoms with E-state index in [1.165, 1.54) is 23.5 Å². The van der Waals surface area contributed by atoms with Crippen molar-refractivity contribution >= 4 is 47.5 Å². The lowest BCUT2D eigenvalue weighted by atomic mass is 9.95. The van der Waals surface area contributed by atoms with Gasteiger partial charge in [-0.05, 0) is 23.0 Å². The molecule has 14 heteroatoms. The van der Waals surface area contributed by atoms with Gasteiger partial charge in [-0.3, -0.25) is 14.5 Å². The number of thioether (sulfide) groups is 2. The Bertz CT molecular complexity index is 1390. The molecule has 0 fully saturated rings. The van der Waals surface area contributed by atoms with Crippen molar-refractivity contribution in [2.45, 2.75) is 128 Å². The minimum atomic E-state index is -1.70. The summed E-state index contributed by atoms with van der Waals surface area (Å²) < 4.78 is 10.3. The topological polar surface area (TPSA) is 181 Å². The van der Waals surface area contributed by atoms with Crippen LogP contribution in [-0.4, -0.2) is 96.5 Å². The van der Waals surface area contributed by atoms with Crippen molar-refractivity contribution in [3.63, 3.8) is 0 Å².